The Morgan fingerprint density at radius 3 is 2.86 bits per heavy atom. The number of hydrogen-bond acceptors (Lipinski definition) is 5. The summed E-state index contributed by atoms with van der Waals surface area (Å²) in [7, 11) is 0. The minimum Gasteiger partial charge on any atom is -0.395 e. The maximum absolute atomic E-state index is 12.9. The van der Waals surface area contributed by atoms with E-state index in [1.165, 1.54) is 18.3 Å². The molecule has 1 aromatic heterocycles. The number of hydrogen-bond donors (Lipinski definition) is 1. The number of anilines is 1. The van der Waals surface area contributed by atoms with E-state index in [2.05, 4.69) is 19.8 Å². The first-order valence-electron chi connectivity index (χ1n) is 6.05. The van der Waals surface area contributed by atoms with E-state index in [1.807, 2.05) is 6.07 Å². The maximum Gasteiger partial charge on any atom is 0.586 e. The standard InChI is InChI=1S/C14H9F2N3O2/c15-14(16)20-12-4-3-10(6-13(12)21-14)19-8-9-2-1-5-18-11(9)7-17/h1-6,19H,8H2. The lowest BCUT2D eigenvalue weighted by Crippen LogP contribution is -2.25. The summed E-state index contributed by atoms with van der Waals surface area (Å²) < 4.78 is 34.5. The van der Waals surface area contributed by atoms with Crippen LogP contribution in [0.1, 0.15) is 11.3 Å². The second-order valence-corrected chi connectivity index (χ2v) is 4.31. The number of rotatable bonds is 3. The van der Waals surface area contributed by atoms with Crippen LogP contribution in [0.3, 0.4) is 0 Å². The van der Waals surface area contributed by atoms with E-state index in [4.69, 9.17) is 5.26 Å². The zero-order valence-electron chi connectivity index (χ0n) is 10.6. The van der Waals surface area contributed by atoms with Crippen LogP contribution in [0.4, 0.5) is 14.5 Å². The molecular formula is C14H9F2N3O2. The monoisotopic (exact) mass is 289 g/mol. The van der Waals surface area contributed by atoms with E-state index in [-0.39, 0.29) is 11.5 Å². The Balaban J connectivity index is 1.74. The highest BCUT2D eigenvalue weighted by molar-refractivity contribution is 5.56. The molecule has 2 aromatic rings. The van der Waals surface area contributed by atoms with Crippen molar-refractivity contribution < 1.29 is 18.3 Å². The summed E-state index contributed by atoms with van der Waals surface area (Å²) in [6.45, 7) is 0.340. The lowest BCUT2D eigenvalue weighted by atomic mass is 10.2. The predicted octanol–water partition coefficient (Wildman–Crippen LogP) is 2.89. The van der Waals surface area contributed by atoms with Crippen molar-refractivity contribution in [2.45, 2.75) is 12.8 Å². The van der Waals surface area contributed by atoms with Gasteiger partial charge in [-0.25, -0.2) is 4.98 Å². The van der Waals surface area contributed by atoms with Gasteiger partial charge in [0, 0.05) is 30.1 Å². The molecule has 2 heterocycles. The molecule has 0 aliphatic carbocycles. The van der Waals surface area contributed by atoms with E-state index in [0.717, 1.165) is 0 Å². The van der Waals surface area contributed by atoms with Gasteiger partial charge >= 0.3 is 6.29 Å². The number of halogens is 2. The fraction of sp³-hybridized carbons (Fsp3) is 0.143. The van der Waals surface area contributed by atoms with Gasteiger partial charge in [0.05, 0.1) is 0 Å². The van der Waals surface area contributed by atoms with Crippen LogP contribution < -0.4 is 14.8 Å². The lowest BCUT2D eigenvalue weighted by molar-refractivity contribution is -0.286. The highest BCUT2D eigenvalue weighted by Gasteiger charge is 2.43. The van der Waals surface area contributed by atoms with Gasteiger partial charge in [-0.15, -0.1) is 8.78 Å². The number of nitriles is 1. The molecule has 1 aromatic carbocycles. The number of nitrogens with one attached hydrogen (secondary N) is 1. The van der Waals surface area contributed by atoms with Gasteiger partial charge < -0.3 is 14.8 Å². The third-order valence-corrected chi connectivity index (χ3v) is 2.88. The average molecular weight is 289 g/mol. The molecular weight excluding hydrogens is 280 g/mol. The van der Waals surface area contributed by atoms with Gasteiger partial charge in [-0.2, -0.15) is 5.26 Å². The molecule has 0 saturated carbocycles. The number of pyridine rings is 1. The molecule has 7 heteroatoms. The quantitative estimate of drug-likeness (QED) is 0.941. The molecule has 0 amide bonds. The van der Waals surface area contributed by atoms with Crippen molar-refractivity contribution in [1.29, 1.82) is 5.26 Å². The number of ether oxygens (including phenoxy) is 2. The molecule has 1 aliphatic heterocycles. The summed E-state index contributed by atoms with van der Waals surface area (Å²) in [5, 5.41) is 12.0. The largest absolute Gasteiger partial charge is 0.586 e. The van der Waals surface area contributed by atoms with Crippen LogP contribution in [0.5, 0.6) is 11.5 Å². The minimum absolute atomic E-state index is 0.00959. The first kappa shape index (κ1) is 13.1. The van der Waals surface area contributed by atoms with E-state index >= 15 is 0 Å². The average Bonchev–Trinajstić information content (AvgIpc) is 2.78. The number of nitrogens with zero attached hydrogens (tertiary/aromatic N) is 2. The van der Waals surface area contributed by atoms with Gasteiger partial charge in [0.2, 0.25) is 0 Å². The van der Waals surface area contributed by atoms with Crippen LogP contribution in [0.25, 0.3) is 0 Å². The Hall–Kier alpha value is -2.88. The Morgan fingerprint density at radius 2 is 2.05 bits per heavy atom. The Kier molecular flexibility index (Phi) is 3.06. The molecule has 21 heavy (non-hydrogen) atoms. The van der Waals surface area contributed by atoms with Crippen molar-refractivity contribution in [1.82, 2.24) is 4.98 Å². The van der Waals surface area contributed by atoms with Crippen LogP contribution in [0.2, 0.25) is 0 Å². The lowest BCUT2D eigenvalue weighted by Gasteiger charge is -2.08. The van der Waals surface area contributed by atoms with Gasteiger partial charge in [-0.1, -0.05) is 6.07 Å². The fourth-order valence-electron chi connectivity index (χ4n) is 1.94. The van der Waals surface area contributed by atoms with Crippen LogP contribution in [0, 0.1) is 11.3 Å². The molecule has 0 fully saturated rings. The third kappa shape index (κ3) is 2.69. The van der Waals surface area contributed by atoms with Crippen LogP contribution in [-0.4, -0.2) is 11.3 Å². The number of fused-ring (bicyclic) bond motifs is 1. The van der Waals surface area contributed by atoms with Gasteiger partial charge in [0.1, 0.15) is 11.8 Å². The van der Waals surface area contributed by atoms with E-state index in [1.54, 1.807) is 18.2 Å². The maximum atomic E-state index is 12.9. The minimum atomic E-state index is -3.63. The van der Waals surface area contributed by atoms with E-state index in [9.17, 15) is 8.78 Å². The van der Waals surface area contributed by atoms with Crippen molar-refractivity contribution in [2.75, 3.05) is 5.32 Å². The zero-order valence-corrected chi connectivity index (χ0v) is 10.6. The van der Waals surface area contributed by atoms with Gasteiger partial charge in [0.15, 0.2) is 11.5 Å². The van der Waals surface area contributed by atoms with Gasteiger partial charge in [0.25, 0.3) is 0 Å². The van der Waals surface area contributed by atoms with Crippen molar-refractivity contribution in [3.8, 4) is 17.6 Å². The molecule has 0 saturated heterocycles. The van der Waals surface area contributed by atoms with E-state index < -0.39 is 6.29 Å². The number of aromatic nitrogens is 1. The molecule has 0 spiro atoms. The zero-order chi connectivity index (χ0) is 14.9. The van der Waals surface area contributed by atoms with E-state index in [0.29, 0.717) is 23.5 Å². The first-order valence-corrected chi connectivity index (χ1v) is 6.05. The van der Waals surface area contributed by atoms with Gasteiger partial charge in [-0.05, 0) is 18.2 Å². The molecule has 1 aliphatic rings. The summed E-state index contributed by atoms with van der Waals surface area (Å²) >= 11 is 0. The Bertz CT molecular complexity index is 728. The van der Waals surface area contributed by atoms with Crippen molar-refractivity contribution >= 4 is 5.69 Å². The summed E-state index contributed by atoms with van der Waals surface area (Å²) in [5.74, 6) is -0.0404. The SMILES string of the molecule is N#Cc1ncccc1CNc1ccc2c(c1)OC(F)(F)O2. The van der Waals surface area contributed by atoms with Crippen LogP contribution >= 0.6 is 0 Å². The van der Waals surface area contributed by atoms with Crippen molar-refractivity contribution in [2.24, 2.45) is 0 Å². The highest BCUT2D eigenvalue weighted by atomic mass is 19.3. The van der Waals surface area contributed by atoms with Crippen molar-refractivity contribution in [3.05, 3.63) is 47.8 Å². The smallest absolute Gasteiger partial charge is 0.395 e. The molecule has 3 rings (SSSR count). The normalized spacial score (nSPS) is 14.5. The Labute approximate surface area is 118 Å². The molecule has 1 N–H and O–H groups in total. The predicted molar refractivity (Wildman–Crippen MR) is 68.9 cm³/mol. The second-order valence-electron chi connectivity index (χ2n) is 4.31. The first-order chi connectivity index (χ1) is 10.1. The molecule has 5 nitrogen and oxygen atoms in total. The summed E-state index contributed by atoms with van der Waals surface area (Å²) in [5.41, 5.74) is 1.60. The number of benzene rings is 1. The fourth-order valence-corrected chi connectivity index (χ4v) is 1.94. The summed E-state index contributed by atoms with van der Waals surface area (Å²) in [6, 6.07) is 9.87. The molecule has 0 radical (unpaired) electrons. The topological polar surface area (TPSA) is 67.2 Å². The van der Waals surface area contributed by atoms with Crippen LogP contribution in [0.15, 0.2) is 36.5 Å². The van der Waals surface area contributed by atoms with Gasteiger partial charge in [-0.3, -0.25) is 0 Å². The molecule has 106 valence electrons. The molecule has 0 bridgehead atoms. The van der Waals surface area contributed by atoms with Crippen molar-refractivity contribution in [3.63, 3.8) is 0 Å². The second kappa shape index (κ2) is 4.90. The Morgan fingerprint density at radius 1 is 1.24 bits per heavy atom. The number of alkyl halides is 2. The summed E-state index contributed by atoms with van der Waals surface area (Å²) in [4.78, 5) is 3.94. The highest BCUT2D eigenvalue weighted by Crippen LogP contribution is 2.42. The van der Waals surface area contributed by atoms with Crippen LogP contribution in [-0.2, 0) is 6.54 Å². The third-order valence-electron chi connectivity index (χ3n) is 2.88. The summed E-state index contributed by atoms with van der Waals surface area (Å²) in [6.07, 6.45) is -2.09. The molecule has 0 unspecified atom stereocenters. The molecule has 0 atom stereocenters.